The Kier molecular flexibility index (Phi) is 7.74. The van der Waals surface area contributed by atoms with Gasteiger partial charge in [-0.3, -0.25) is 0 Å². The maximum absolute atomic E-state index is 11.8. The summed E-state index contributed by atoms with van der Waals surface area (Å²) < 4.78 is 0.763. The Morgan fingerprint density at radius 3 is 2.87 bits per heavy atom. The number of aryl methyl sites for hydroxylation is 2. The van der Waals surface area contributed by atoms with Crippen molar-refractivity contribution >= 4 is 11.6 Å². The highest BCUT2D eigenvalue weighted by Gasteiger charge is 2.18. The summed E-state index contributed by atoms with van der Waals surface area (Å²) in [5, 5.41) is 25.6. The van der Waals surface area contributed by atoms with Gasteiger partial charge in [-0.05, 0) is 50.2 Å². The molecule has 0 bridgehead atoms. The van der Waals surface area contributed by atoms with E-state index in [1.807, 2.05) is 6.07 Å². The standard InChI is InChI=1S/C23H32N4O3/c1-16(28)13-19(20-14-25-17(2)27(30)15-20)7-4-3-5-9-22(29)21-11-10-18-8-6-12-24-23(18)26-21/h10-11,14-15,19,22,29H,3-9,12-13H2,1-2H3,(H,24,26). The van der Waals surface area contributed by atoms with Gasteiger partial charge in [-0.15, -0.1) is 0 Å². The van der Waals surface area contributed by atoms with Crippen molar-refractivity contribution in [3.8, 4) is 0 Å². The quantitative estimate of drug-likeness (QED) is 0.352. The zero-order chi connectivity index (χ0) is 21.5. The van der Waals surface area contributed by atoms with Crippen LogP contribution in [-0.2, 0) is 11.2 Å². The van der Waals surface area contributed by atoms with Gasteiger partial charge in [0.15, 0.2) is 0 Å². The lowest BCUT2D eigenvalue weighted by Gasteiger charge is -2.19. The molecule has 0 aromatic carbocycles. The van der Waals surface area contributed by atoms with Gasteiger partial charge >= 0.3 is 0 Å². The van der Waals surface area contributed by atoms with E-state index in [1.165, 1.54) is 11.8 Å². The van der Waals surface area contributed by atoms with E-state index in [9.17, 15) is 15.1 Å². The molecule has 7 heteroatoms. The van der Waals surface area contributed by atoms with E-state index in [0.29, 0.717) is 18.7 Å². The van der Waals surface area contributed by atoms with Crippen LogP contribution in [0.25, 0.3) is 0 Å². The molecule has 30 heavy (non-hydrogen) atoms. The first kappa shape index (κ1) is 22.2. The second-order valence-corrected chi connectivity index (χ2v) is 8.29. The van der Waals surface area contributed by atoms with Crippen LogP contribution in [0, 0.1) is 12.1 Å². The minimum absolute atomic E-state index is 0.00844. The van der Waals surface area contributed by atoms with Crippen molar-refractivity contribution in [2.45, 2.75) is 77.2 Å². The average Bonchev–Trinajstić information content (AvgIpc) is 2.74. The smallest absolute Gasteiger partial charge is 0.298 e. The van der Waals surface area contributed by atoms with Crippen molar-refractivity contribution in [2.75, 3.05) is 11.9 Å². The molecular weight excluding hydrogens is 380 g/mol. The summed E-state index contributed by atoms with van der Waals surface area (Å²) in [6, 6.07) is 4.00. The molecule has 0 saturated heterocycles. The van der Waals surface area contributed by atoms with E-state index in [-0.39, 0.29) is 11.7 Å². The first-order chi connectivity index (χ1) is 14.4. The number of pyridine rings is 1. The van der Waals surface area contributed by atoms with Crippen LogP contribution in [0.4, 0.5) is 5.82 Å². The Balaban J connectivity index is 1.47. The molecule has 7 nitrogen and oxygen atoms in total. The summed E-state index contributed by atoms with van der Waals surface area (Å²) in [6.07, 6.45) is 9.50. The zero-order valence-corrected chi connectivity index (χ0v) is 17.9. The molecular formula is C23H32N4O3. The topological polar surface area (TPSA) is 102 Å². The Labute approximate surface area is 178 Å². The molecule has 0 fully saturated rings. The Morgan fingerprint density at radius 2 is 2.10 bits per heavy atom. The van der Waals surface area contributed by atoms with Gasteiger partial charge in [-0.25, -0.2) is 9.71 Å². The Bertz CT molecular complexity index is 872. The fraction of sp³-hybridized carbons (Fsp3) is 0.565. The number of aromatic nitrogens is 3. The first-order valence-corrected chi connectivity index (χ1v) is 10.9. The molecule has 2 unspecified atom stereocenters. The maximum atomic E-state index is 11.8. The maximum Gasteiger partial charge on any atom is 0.298 e. The fourth-order valence-corrected chi connectivity index (χ4v) is 4.01. The van der Waals surface area contributed by atoms with Crippen molar-refractivity contribution in [3.63, 3.8) is 0 Å². The molecule has 2 aromatic heterocycles. The van der Waals surface area contributed by atoms with Crippen LogP contribution in [0.15, 0.2) is 24.5 Å². The highest BCUT2D eigenvalue weighted by molar-refractivity contribution is 5.76. The number of nitrogens with one attached hydrogen (secondary N) is 1. The van der Waals surface area contributed by atoms with Crippen LogP contribution in [0.1, 0.15) is 86.5 Å². The van der Waals surface area contributed by atoms with Crippen molar-refractivity contribution in [3.05, 3.63) is 52.4 Å². The number of rotatable bonds is 10. The molecule has 0 saturated carbocycles. The molecule has 3 heterocycles. The SMILES string of the molecule is CC(=O)CC(CCCCCC(O)c1ccc2c(n1)NCCC2)c1cnc(C)[n+]([O-])c1. The predicted octanol–water partition coefficient (Wildman–Crippen LogP) is 3.52. The van der Waals surface area contributed by atoms with Crippen LogP contribution >= 0.6 is 0 Å². The Hall–Kier alpha value is -2.54. The second-order valence-electron chi connectivity index (χ2n) is 8.29. The van der Waals surface area contributed by atoms with Crippen molar-refractivity contribution in [1.29, 1.82) is 0 Å². The van der Waals surface area contributed by atoms with E-state index in [4.69, 9.17) is 0 Å². The minimum Gasteiger partial charge on any atom is -0.711 e. The molecule has 2 N–H and O–H groups in total. The monoisotopic (exact) mass is 412 g/mol. The van der Waals surface area contributed by atoms with Gasteiger partial charge in [-0.2, -0.15) is 0 Å². The van der Waals surface area contributed by atoms with E-state index in [1.54, 1.807) is 20.0 Å². The summed E-state index contributed by atoms with van der Waals surface area (Å²) in [5.74, 6) is 1.43. The molecule has 3 rings (SSSR count). The van der Waals surface area contributed by atoms with Gasteiger partial charge in [-0.1, -0.05) is 30.3 Å². The number of carbonyl (C=O) groups excluding carboxylic acids is 1. The lowest BCUT2D eigenvalue weighted by atomic mass is 9.90. The number of Topliss-reactive ketones (excluding diaryl/α,β-unsaturated/α-hetero) is 1. The van der Waals surface area contributed by atoms with Gasteiger partial charge in [0.25, 0.3) is 5.82 Å². The summed E-state index contributed by atoms with van der Waals surface area (Å²) >= 11 is 0. The number of anilines is 1. The highest BCUT2D eigenvalue weighted by Crippen LogP contribution is 2.27. The van der Waals surface area contributed by atoms with Gasteiger partial charge < -0.3 is 20.4 Å². The fourth-order valence-electron chi connectivity index (χ4n) is 4.01. The zero-order valence-electron chi connectivity index (χ0n) is 17.9. The molecule has 2 atom stereocenters. The van der Waals surface area contributed by atoms with Crippen molar-refractivity contribution < 1.29 is 14.6 Å². The van der Waals surface area contributed by atoms with Gasteiger partial charge in [0.2, 0.25) is 0 Å². The second kappa shape index (κ2) is 10.5. The van der Waals surface area contributed by atoms with Crippen LogP contribution in [0.5, 0.6) is 0 Å². The third kappa shape index (κ3) is 5.98. The average molecular weight is 413 g/mol. The minimum atomic E-state index is -0.562. The number of carbonyl (C=O) groups is 1. The molecule has 0 spiro atoms. The highest BCUT2D eigenvalue weighted by atomic mass is 16.5. The van der Waals surface area contributed by atoms with Gasteiger partial charge in [0.1, 0.15) is 24.0 Å². The summed E-state index contributed by atoms with van der Waals surface area (Å²) in [4.78, 5) is 20.4. The number of ketones is 1. The lowest BCUT2D eigenvalue weighted by molar-refractivity contribution is -0.616. The number of aliphatic hydroxyl groups is 1. The van der Waals surface area contributed by atoms with E-state index < -0.39 is 6.10 Å². The third-order valence-corrected chi connectivity index (χ3v) is 5.78. The van der Waals surface area contributed by atoms with Gasteiger partial charge in [0, 0.05) is 25.5 Å². The molecule has 0 radical (unpaired) electrons. The van der Waals surface area contributed by atoms with Gasteiger partial charge in [0.05, 0.1) is 11.8 Å². The number of aliphatic hydroxyl groups excluding tert-OH is 1. The van der Waals surface area contributed by atoms with Crippen LogP contribution in [-0.4, -0.2) is 27.4 Å². The van der Waals surface area contributed by atoms with E-state index >= 15 is 0 Å². The molecule has 1 aliphatic heterocycles. The normalized spacial score (nSPS) is 15.2. The molecule has 0 aliphatic carbocycles. The van der Waals surface area contributed by atoms with Crippen LogP contribution in [0.3, 0.4) is 0 Å². The molecule has 1 aliphatic rings. The van der Waals surface area contributed by atoms with Crippen molar-refractivity contribution in [1.82, 2.24) is 9.97 Å². The van der Waals surface area contributed by atoms with Crippen LogP contribution in [0.2, 0.25) is 0 Å². The van der Waals surface area contributed by atoms with E-state index in [2.05, 4.69) is 21.4 Å². The summed E-state index contributed by atoms with van der Waals surface area (Å²) in [7, 11) is 0. The largest absolute Gasteiger partial charge is 0.711 e. The number of hydrogen-bond donors (Lipinski definition) is 2. The number of unbranched alkanes of at least 4 members (excludes halogenated alkanes) is 2. The number of fused-ring (bicyclic) bond motifs is 1. The Morgan fingerprint density at radius 1 is 1.30 bits per heavy atom. The van der Waals surface area contributed by atoms with E-state index in [0.717, 1.165) is 66.9 Å². The molecule has 162 valence electrons. The predicted molar refractivity (Wildman–Crippen MR) is 115 cm³/mol. The third-order valence-electron chi connectivity index (χ3n) is 5.78. The number of hydrogen-bond acceptors (Lipinski definition) is 6. The summed E-state index contributed by atoms with van der Waals surface area (Å²) in [6.45, 7) is 4.18. The summed E-state index contributed by atoms with van der Waals surface area (Å²) in [5.41, 5.74) is 2.76. The number of nitrogens with zero attached hydrogens (tertiary/aromatic N) is 3. The molecule has 0 amide bonds. The molecule has 2 aromatic rings. The lowest BCUT2D eigenvalue weighted by Crippen LogP contribution is -2.32. The first-order valence-electron chi connectivity index (χ1n) is 10.9. The van der Waals surface area contributed by atoms with Crippen LogP contribution < -0.4 is 10.0 Å². The van der Waals surface area contributed by atoms with Crippen molar-refractivity contribution in [2.24, 2.45) is 0 Å².